The van der Waals surface area contributed by atoms with Crippen LogP contribution in [0.1, 0.15) is 38.7 Å². The molecule has 0 radical (unpaired) electrons. The number of nitrogens with zero attached hydrogens (tertiary/aromatic N) is 3. The molecule has 2 atom stereocenters. The first-order chi connectivity index (χ1) is 18.8. The topological polar surface area (TPSA) is 115 Å². The van der Waals surface area contributed by atoms with Gasteiger partial charge in [-0.05, 0) is 42.8 Å². The number of carbonyl (C=O) groups excluding carboxylic acids is 1. The predicted octanol–water partition coefficient (Wildman–Crippen LogP) is 5.28. The minimum absolute atomic E-state index is 0.0602. The Morgan fingerprint density at radius 3 is 2.82 bits per heavy atom. The van der Waals surface area contributed by atoms with Gasteiger partial charge < -0.3 is 20.5 Å². The molecule has 0 saturated carbocycles. The van der Waals surface area contributed by atoms with Crippen molar-refractivity contribution in [2.45, 2.75) is 58.4 Å². The van der Waals surface area contributed by atoms with Crippen molar-refractivity contribution >= 4 is 34.1 Å². The van der Waals surface area contributed by atoms with E-state index in [2.05, 4.69) is 39.3 Å². The summed E-state index contributed by atoms with van der Waals surface area (Å²) in [6, 6.07) is 3.55. The van der Waals surface area contributed by atoms with E-state index in [9.17, 15) is 9.18 Å². The third kappa shape index (κ3) is 5.27. The van der Waals surface area contributed by atoms with Crippen LogP contribution in [0.15, 0.2) is 24.5 Å². The predicted molar refractivity (Wildman–Crippen MR) is 147 cm³/mol. The molecule has 1 amide bonds. The Hall–Kier alpha value is -3.73. The van der Waals surface area contributed by atoms with E-state index < -0.39 is 24.2 Å². The van der Waals surface area contributed by atoms with Crippen molar-refractivity contribution < 1.29 is 23.0 Å². The van der Waals surface area contributed by atoms with Crippen LogP contribution in [0.2, 0.25) is 0 Å². The average molecular weight is 541 g/mol. The minimum Gasteiger partial charge on any atom is -0.474 e. The number of likely N-dealkylation sites (tertiary alicyclic amines) is 1. The Balaban J connectivity index is 1.34. The van der Waals surface area contributed by atoms with E-state index in [1.54, 1.807) is 18.3 Å². The van der Waals surface area contributed by atoms with Crippen molar-refractivity contribution in [3.8, 4) is 17.0 Å². The number of amides is 1. The molecule has 5 rings (SSSR count). The van der Waals surface area contributed by atoms with Gasteiger partial charge in [0.05, 0.1) is 5.69 Å². The van der Waals surface area contributed by atoms with Gasteiger partial charge in [0.25, 0.3) is 0 Å². The number of benzene rings is 1. The summed E-state index contributed by atoms with van der Waals surface area (Å²) in [6.45, 7) is 8.09. The SMILES string of the molecule is CCC(CC)N1CC[C@H](OC(=O)Nc2cc3cc(-c4cnc5c(c4C)NCCO5)c(F)c(N)c3cn2)[C@H](F)C1. The van der Waals surface area contributed by atoms with Crippen LogP contribution in [0.3, 0.4) is 0 Å². The van der Waals surface area contributed by atoms with Gasteiger partial charge in [-0.1, -0.05) is 13.8 Å². The van der Waals surface area contributed by atoms with Gasteiger partial charge in [-0.15, -0.1) is 0 Å². The van der Waals surface area contributed by atoms with Crippen LogP contribution >= 0.6 is 0 Å². The van der Waals surface area contributed by atoms with E-state index in [1.807, 2.05) is 6.92 Å². The van der Waals surface area contributed by atoms with Crippen LogP contribution in [-0.2, 0) is 4.74 Å². The highest BCUT2D eigenvalue weighted by atomic mass is 19.1. The second-order valence-corrected chi connectivity index (χ2v) is 10.0. The number of nitrogen functional groups attached to an aromatic ring is 1. The van der Waals surface area contributed by atoms with Crippen LogP contribution < -0.4 is 21.1 Å². The maximum absolute atomic E-state index is 15.4. The second-order valence-electron chi connectivity index (χ2n) is 10.0. The summed E-state index contributed by atoms with van der Waals surface area (Å²) in [6.07, 6.45) is 2.39. The van der Waals surface area contributed by atoms with Crippen LogP contribution in [0.5, 0.6) is 5.88 Å². The van der Waals surface area contributed by atoms with Gasteiger partial charge in [-0.25, -0.2) is 23.5 Å². The van der Waals surface area contributed by atoms with Crippen molar-refractivity contribution in [2.24, 2.45) is 0 Å². The molecule has 0 unspecified atom stereocenters. The van der Waals surface area contributed by atoms with Crippen LogP contribution in [-0.4, -0.2) is 65.5 Å². The normalized spacial score (nSPS) is 19.3. The summed E-state index contributed by atoms with van der Waals surface area (Å²) in [5, 5.41) is 6.80. The summed E-state index contributed by atoms with van der Waals surface area (Å²) >= 11 is 0. The number of piperidine rings is 1. The maximum atomic E-state index is 15.4. The minimum atomic E-state index is -1.27. The number of pyridine rings is 2. The molecule has 0 bridgehead atoms. The molecule has 0 aliphatic carbocycles. The van der Waals surface area contributed by atoms with Crippen molar-refractivity contribution in [1.82, 2.24) is 14.9 Å². The van der Waals surface area contributed by atoms with E-state index in [0.29, 0.717) is 60.1 Å². The Morgan fingerprint density at radius 2 is 2.08 bits per heavy atom. The second kappa shape index (κ2) is 11.2. The molecular weight excluding hydrogens is 506 g/mol. The number of fused-ring (bicyclic) bond motifs is 2. The molecule has 1 fully saturated rings. The molecule has 2 aliphatic rings. The molecule has 1 aromatic carbocycles. The summed E-state index contributed by atoms with van der Waals surface area (Å²) in [5.74, 6) is 0.0759. The molecule has 2 aliphatic heterocycles. The smallest absolute Gasteiger partial charge is 0.413 e. The van der Waals surface area contributed by atoms with Gasteiger partial charge in [0.2, 0.25) is 5.88 Å². The number of hydrogen-bond donors (Lipinski definition) is 3. The molecule has 9 nitrogen and oxygen atoms in total. The molecule has 4 N–H and O–H groups in total. The van der Waals surface area contributed by atoms with Gasteiger partial charge in [0, 0.05) is 61.0 Å². The van der Waals surface area contributed by atoms with Crippen molar-refractivity contribution in [3.05, 3.63) is 35.9 Å². The highest BCUT2D eigenvalue weighted by Crippen LogP contribution is 2.39. The monoisotopic (exact) mass is 540 g/mol. The van der Waals surface area contributed by atoms with E-state index in [-0.39, 0.29) is 23.6 Å². The fourth-order valence-electron chi connectivity index (χ4n) is 5.50. The lowest BCUT2D eigenvalue weighted by Gasteiger charge is -2.38. The first-order valence-corrected chi connectivity index (χ1v) is 13.4. The highest BCUT2D eigenvalue weighted by molar-refractivity contribution is 5.99. The zero-order valence-electron chi connectivity index (χ0n) is 22.4. The highest BCUT2D eigenvalue weighted by Gasteiger charge is 2.34. The first-order valence-electron chi connectivity index (χ1n) is 13.4. The van der Waals surface area contributed by atoms with Gasteiger partial charge >= 0.3 is 6.09 Å². The van der Waals surface area contributed by atoms with Crippen LogP contribution in [0, 0.1) is 12.7 Å². The molecule has 39 heavy (non-hydrogen) atoms. The van der Waals surface area contributed by atoms with E-state index in [1.165, 1.54) is 6.20 Å². The number of alkyl halides is 1. The molecule has 4 heterocycles. The number of hydrogen-bond acceptors (Lipinski definition) is 8. The summed E-state index contributed by atoms with van der Waals surface area (Å²) in [7, 11) is 0. The van der Waals surface area contributed by atoms with Crippen LogP contribution in [0.25, 0.3) is 21.9 Å². The number of nitrogens with one attached hydrogen (secondary N) is 2. The van der Waals surface area contributed by atoms with E-state index in [4.69, 9.17) is 15.2 Å². The Kier molecular flexibility index (Phi) is 7.69. The van der Waals surface area contributed by atoms with Gasteiger partial charge in [0.1, 0.15) is 30.4 Å². The number of halogens is 2. The first kappa shape index (κ1) is 26.9. The van der Waals surface area contributed by atoms with Gasteiger partial charge in [0.15, 0.2) is 5.82 Å². The zero-order chi connectivity index (χ0) is 27.7. The molecule has 0 spiro atoms. The molecule has 2 aromatic heterocycles. The molecule has 1 saturated heterocycles. The fraction of sp³-hybridized carbons (Fsp3) is 0.464. The Labute approximate surface area is 226 Å². The maximum Gasteiger partial charge on any atom is 0.413 e. The number of carbonyl (C=O) groups is 1. The van der Waals surface area contributed by atoms with E-state index >= 15 is 4.39 Å². The van der Waals surface area contributed by atoms with Crippen molar-refractivity contribution in [1.29, 1.82) is 0 Å². The quantitative estimate of drug-likeness (QED) is 0.362. The Bertz CT molecular complexity index is 1380. The van der Waals surface area contributed by atoms with Crippen molar-refractivity contribution in [3.63, 3.8) is 0 Å². The lowest BCUT2D eigenvalue weighted by atomic mass is 9.97. The average Bonchev–Trinajstić information content (AvgIpc) is 2.93. The standard InChI is InChI=1S/C28H34F2N6O3/c1-4-17(5-2)36-8-6-22(21(29)14-36)39-28(37)35-23-11-16-10-18(24(30)25(31)20(16)13-33-23)19-12-34-27-26(15(19)3)32-7-9-38-27/h10-13,17,21-22,32H,4-9,14,31H2,1-3H3,(H,33,35,37)/t21-,22+/m1/s1. The molecule has 208 valence electrons. The summed E-state index contributed by atoms with van der Waals surface area (Å²) in [4.78, 5) is 23.3. The van der Waals surface area contributed by atoms with Crippen LogP contribution in [0.4, 0.5) is 30.8 Å². The number of nitrogens with two attached hydrogens (primary N) is 1. The number of ether oxygens (including phenoxy) is 2. The third-order valence-corrected chi connectivity index (χ3v) is 7.70. The number of anilines is 3. The Morgan fingerprint density at radius 1 is 1.28 bits per heavy atom. The zero-order valence-corrected chi connectivity index (χ0v) is 22.4. The van der Waals surface area contributed by atoms with Crippen molar-refractivity contribution in [2.75, 3.05) is 42.6 Å². The lowest BCUT2D eigenvalue weighted by Crippen LogP contribution is -2.50. The molecule has 11 heteroatoms. The molecular formula is C28H34F2N6O3. The van der Waals surface area contributed by atoms with Gasteiger partial charge in [-0.2, -0.15) is 0 Å². The third-order valence-electron chi connectivity index (χ3n) is 7.70. The summed E-state index contributed by atoms with van der Waals surface area (Å²) in [5.41, 5.74) is 8.43. The lowest BCUT2D eigenvalue weighted by molar-refractivity contribution is -0.0161. The number of aromatic nitrogens is 2. The largest absolute Gasteiger partial charge is 0.474 e. The number of rotatable bonds is 6. The molecule has 3 aromatic rings. The fourth-order valence-corrected chi connectivity index (χ4v) is 5.50. The van der Waals surface area contributed by atoms with E-state index in [0.717, 1.165) is 18.4 Å². The van der Waals surface area contributed by atoms with Gasteiger partial charge in [-0.3, -0.25) is 10.2 Å². The summed E-state index contributed by atoms with van der Waals surface area (Å²) < 4.78 is 41.2.